The smallest absolute Gasteiger partial charge is 0.258 e. The minimum absolute atomic E-state index is 0.0959. The Bertz CT molecular complexity index is 1290. The lowest BCUT2D eigenvalue weighted by molar-refractivity contribution is -0.136. The highest BCUT2D eigenvalue weighted by Gasteiger charge is 2.29. The van der Waals surface area contributed by atoms with Crippen molar-refractivity contribution in [2.24, 2.45) is 5.92 Å². The van der Waals surface area contributed by atoms with Gasteiger partial charge in [0.25, 0.3) is 5.91 Å². The van der Waals surface area contributed by atoms with Gasteiger partial charge in [0.2, 0.25) is 5.91 Å². The maximum Gasteiger partial charge on any atom is 0.258 e. The maximum atomic E-state index is 13.9. The summed E-state index contributed by atoms with van der Waals surface area (Å²) in [6, 6.07) is 22.4. The lowest BCUT2D eigenvalue weighted by Gasteiger charge is -2.33. The zero-order valence-corrected chi connectivity index (χ0v) is 23.5. The number of carbonyl (C=O) groups excluding carboxylic acids is 2. The number of hydrogen-bond donors (Lipinski definition) is 0. The molecule has 210 valence electrons. The van der Waals surface area contributed by atoms with Gasteiger partial charge < -0.3 is 9.80 Å². The van der Waals surface area contributed by atoms with Crippen LogP contribution in [0.4, 0.5) is 10.1 Å². The van der Waals surface area contributed by atoms with Crippen LogP contribution in [0.2, 0.25) is 0 Å². The second-order valence-electron chi connectivity index (χ2n) is 11.3. The van der Waals surface area contributed by atoms with Crippen molar-refractivity contribution in [1.82, 2.24) is 9.80 Å². The molecule has 0 radical (unpaired) electrons. The Morgan fingerprint density at radius 2 is 1.50 bits per heavy atom. The molecule has 2 aliphatic rings. The van der Waals surface area contributed by atoms with Crippen molar-refractivity contribution < 1.29 is 14.0 Å². The molecular formula is C34H40FN3O2. The van der Waals surface area contributed by atoms with E-state index in [0.717, 1.165) is 75.0 Å². The zero-order chi connectivity index (χ0) is 27.9. The maximum absolute atomic E-state index is 13.9. The molecule has 0 atom stereocenters. The van der Waals surface area contributed by atoms with E-state index >= 15 is 0 Å². The number of rotatable bonds is 4. The van der Waals surface area contributed by atoms with Gasteiger partial charge in [0.05, 0.1) is 5.69 Å². The Balaban J connectivity index is 1.49. The molecule has 0 aromatic heterocycles. The van der Waals surface area contributed by atoms with E-state index in [1.165, 1.54) is 17.7 Å². The highest BCUT2D eigenvalue weighted by Crippen LogP contribution is 2.31. The molecule has 2 amide bonds. The summed E-state index contributed by atoms with van der Waals surface area (Å²) in [4.78, 5) is 34.0. The fourth-order valence-corrected chi connectivity index (χ4v) is 6.25. The number of carbonyl (C=O) groups is 2. The average Bonchev–Trinajstić information content (AvgIpc) is 3.50. The number of benzene rings is 3. The molecular weight excluding hydrogens is 501 g/mol. The minimum Gasteiger partial charge on any atom is -0.338 e. The fourth-order valence-electron chi connectivity index (χ4n) is 6.25. The van der Waals surface area contributed by atoms with Gasteiger partial charge in [-0.3, -0.25) is 14.5 Å². The monoisotopic (exact) mass is 541 g/mol. The quantitative estimate of drug-likeness (QED) is 0.374. The van der Waals surface area contributed by atoms with Crippen molar-refractivity contribution in [1.29, 1.82) is 0 Å². The van der Waals surface area contributed by atoms with Crippen LogP contribution in [0.5, 0.6) is 0 Å². The number of fused-ring (bicyclic) bond motifs is 1. The Labute approximate surface area is 237 Å². The first kappa shape index (κ1) is 28.0. The van der Waals surface area contributed by atoms with Crippen LogP contribution >= 0.6 is 0 Å². The van der Waals surface area contributed by atoms with Crippen LogP contribution in [0, 0.1) is 18.7 Å². The fraction of sp³-hybridized carbons (Fsp3) is 0.412. The SMILES string of the molecule is Cc1cccc2c1N(C(=O)c1ccc(F)cc1)CCCN(Cc1ccccc1)CCCN(C(=O)C1CCCC1)C2. The third-order valence-corrected chi connectivity index (χ3v) is 8.31. The van der Waals surface area contributed by atoms with Crippen molar-refractivity contribution in [3.8, 4) is 0 Å². The van der Waals surface area contributed by atoms with Gasteiger partial charge in [-0.15, -0.1) is 0 Å². The first-order chi connectivity index (χ1) is 19.5. The van der Waals surface area contributed by atoms with Gasteiger partial charge in [0.1, 0.15) is 5.82 Å². The average molecular weight is 542 g/mol. The van der Waals surface area contributed by atoms with Crippen molar-refractivity contribution in [3.63, 3.8) is 0 Å². The molecule has 5 rings (SSSR count). The largest absolute Gasteiger partial charge is 0.338 e. The lowest BCUT2D eigenvalue weighted by Crippen LogP contribution is -2.40. The van der Waals surface area contributed by atoms with Crippen LogP contribution in [-0.2, 0) is 17.9 Å². The molecule has 0 spiro atoms. The van der Waals surface area contributed by atoms with Gasteiger partial charge in [-0.1, -0.05) is 61.4 Å². The molecule has 5 nitrogen and oxygen atoms in total. The first-order valence-corrected chi connectivity index (χ1v) is 14.7. The molecule has 3 aromatic rings. The summed E-state index contributed by atoms with van der Waals surface area (Å²) >= 11 is 0. The zero-order valence-electron chi connectivity index (χ0n) is 23.5. The molecule has 0 bridgehead atoms. The molecule has 6 heteroatoms. The third kappa shape index (κ3) is 6.79. The summed E-state index contributed by atoms with van der Waals surface area (Å²) in [5.41, 5.74) is 4.58. The van der Waals surface area contributed by atoms with Gasteiger partial charge in [0, 0.05) is 50.7 Å². The van der Waals surface area contributed by atoms with E-state index in [1.807, 2.05) is 34.9 Å². The number of aryl methyl sites for hydroxylation is 1. The predicted molar refractivity (Wildman–Crippen MR) is 158 cm³/mol. The van der Waals surface area contributed by atoms with E-state index in [2.05, 4.69) is 35.2 Å². The van der Waals surface area contributed by atoms with E-state index in [0.29, 0.717) is 25.2 Å². The number of halogens is 1. The van der Waals surface area contributed by atoms with Crippen molar-refractivity contribution in [2.75, 3.05) is 31.1 Å². The Hall–Kier alpha value is -3.51. The van der Waals surface area contributed by atoms with Gasteiger partial charge in [-0.2, -0.15) is 0 Å². The van der Waals surface area contributed by atoms with Crippen LogP contribution in [-0.4, -0.2) is 47.8 Å². The van der Waals surface area contributed by atoms with Crippen LogP contribution in [0.3, 0.4) is 0 Å². The number of anilines is 1. The van der Waals surface area contributed by atoms with E-state index in [4.69, 9.17) is 0 Å². The molecule has 1 saturated carbocycles. The van der Waals surface area contributed by atoms with Gasteiger partial charge in [-0.05, 0) is 73.6 Å². The molecule has 0 saturated heterocycles. The summed E-state index contributed by atoms with van der Waals surface area (Å²) in [5.74, 6) is -0.165. The number of nitrogens with zero attached hydrogens (tertiary/aromatic N) is 3. The molecule has 1 aliphatic heterocycles. The molecule has 1 fully saturated rings. The minimum atomic E-state index is -0.362. The summed E-state index contributed by atoms with van der Waals surface area (Å²) < 4.78 is 13.7. The lowest BCUT2D eigenvalue weighted by atomic mass is 10.0. The van der Waals surface area contributed by atoms with Gasteiger partial charge >= 0.3 is 0 Å². The molecule has 3 aromatic carbocycles. The third-order valence-electron chi connectivity index (χ3n) is 8.31. The molecule has 40 heavy (non-hydrogen) atoms. The second kappa shape index (κ2) is 13.2. The van der Waals surface area contributed by atoms with E-state index in [-0.39, 0.29) is 23.5 Å². The molecule has 0 unspecified atom stereocenters. The van der Waals surface area contributed by atoms with E-state index in [1.54, 1.807) is 12.1 Å². The van der Waals surface area contributed by atoms with E-state index in [9.17, 15) is 14.0 Å². The Morgan fingerprint density at radius 3 is 2.23 bits per heavy atom. The standard InChI is InChI=1S/C34H40FN3O2/c1-26-10-7-15-30-25-37(33(39)28-13-5-6-14-28)22-8-20-36(24-27-11-3-2-4-12-27)21-9-23-38(32(26)30)34(40)29-16-18-31(35)19-17-29/h2-4,7,10-12,15-19,28H,5-6,8-9,13-14,20-25H2,1H3. The normalized spacial score (nSPS) is 17.6. The number of hydrogen-bond acceptors (Lipinski definition) is 3. The van der Waals surface area contributed by atoms with Crippen LogP contribution in [0.15, 0.2) is 72.8 Å². The van der Waals surface area contributed by atoms with Crippen molar-refractivity contribution >= 4 is 17.5 Å². The van der Waals surface area contributed by atoms with Gasteiger partial charge in [-0.25, -0.2) is 4.39 Å². The Morgan fingerprint density at radius 1 is 0.800 bits per heavy atom. The second-order valence-corrected chi connectivity index (χ2v) is 11.3. The van der Waals surface area contributed by atoms with Crippen LogP contribution < -0.4 is 4.90 Å². The number of amides is 2. The van der Waals surface area contributed by atoms with Crippen molar-refractivity contribution in [2.45, 2.75) is 58.5 Å². The highest BCUT2D eigenvalue weighted by molar-refractivity contribution is 6.07. The summed E-state index contributed by atoms with van der Waals surface area (Å²) in [6.45, 7) is 6.29. The van der Waals surface area contributed by atoms with Crippen LogP contribution in [0.1, 0.15) is 65.6 Å². The predicted octanol–water partition coefficient (Wildman–Crippen LogP) is 6.60. The van der Waals surface area contributed by atoms with E-state index < -0.39 is 0 Å². The molecule has 0 N–H and O–H groups in total. The molecule has 1 heterocycles. The summed E-state index contributed by atoms with van der Waals surface area (Å²) in [5, 5.41) is 0. The highest BCUT2D eigenvalue weighted by atomic mass is 19.1. The molecule has 1 aliphatic carbocycles. The Kier molecular flexibility index (Phi) is 9.27. The van der Waals surface area contributed by atoms with Crippen molar-refractivity contribution in [3.05, 3.63) is 101 Å². The van der Waals surface area contributed by atoms with Gasteiger partial charge in [0.15, 0.2) is 0 Å². The summed E-state index contributed by atoms with van der Waals surface area (Å²) in [6.07, 6.45) is 5.87. The summed E-state index contributed by atoms with van der Waals surface area (Å²) in [7, 11) is 0. The number of para-hydroxylation sites is 1. The van der Waals surface area contributed by atoms with Crippen LogP contribution in [0.25, 0.3) is 0 Å². The first-order valence-electron chi connectivity index (χ1n) is 14.7. The topological polar surface area (TPSA) is 43.9 Å².